The second kappa shape index (κ2) is 7.64. The fraction of sp³-hybridized carbons (Fsp3) is 0.524. The molecule has 0 aliphatic carbocycles. The molecule has 3 aliphatic heterocycles. The summed E-state index contributed by atoms with van der Waals surface area (Å²) >= 11 is 0. The van der Waals surface area contributed by atoms with E-state index in [-0.39, 0.29) is 36.1 Å². The van der Waals surface area contributed by atoms with Crippen LogP contribution in [0, 0.1) is 17.8 Å². The van der Waals surface area contributed by atoms with Crippen molar-refractivity contribution in [1.29, 1.82) is 0 Å². The Morgan fingerprint density at radius 3 is 2.79 bits per heavy atom. The molecule has 8 heteroatoms. The standard InChI is InChI=1S/C21H23F2N3O3/c1-21-8-9-25(12-17(21)24-18(27)13-29-21)20(28)26-10-14(11-26)6-7-15-4-2-3-5-16(15)19(22)23/h2-5,14,17,19H,8-13H2,1H3,(H,24,27)/t17-,21+/m1/s1. The van der Waals surface area contributed by atoms with Gasteiger partial charge in [0.25, 0.3) is 6.43 Å². The fourth-order valence-electron chi connectivity index (χ4n) is 3.95. The Balaban J connectivity index is 1.33. The predicted molar refractivity (Wildman–Crippen MR) is 101 cm³/mol. The van der Waals surface area contributed by atoms with Crippen LogP contribution < -0.4 is 5.32 Å². The highest BCUT2D eigenvalue weighted by Crippen LogP contribution is 2.30. The van der Waals surface area contributed by atoms with Crippen LogP contribution in [0.5, 0.6) is 0 Å². The molecule has 1 N–H and O–H groups in total. The zero-order valence-electron chi connectivity index (χ0n) is 16.2. The maximum absolute atomic E-state index is 13.0. The number of hydrogen-bond acceptors (Lipinski definition) is 3. The molecule has 0 spiro atoms. The molecule has 0 bridgehead atoms. The van der Waals surface area contributed by atoms with Gasteiger partial charge in [-0.05, 0) is 19.4 Å². The molecular weight excluding hydrogens is 380 g/mol. The quantitative estimate of drug-likeness (QED) is 0.730. The average Bonchev–Trinajstić information content (AvgIpc) is 2.67. The molecule has 3 fully saturated rings. The van der Waals surface area contributed by atoms with Crippen molar-refractivity contribution in [2.45, 2.75) is 31.4 Å². The van der Waals surface area contributed by atoms with Gasteiger partial charge in [0.15, 0.2) is 0 Å². The zero-order chi connectivity index (χ0) is 20.6. The number of fused-ring (bicyclic) bond motifs is 1. The van der Waals surface area contributed by atoms with Gasteiger partial charge >= 0.3 is 6.03 Å². The van der Waals surface area contributed by atoms with Crippen LogP contribution in [-0.2, 0) is 9.53 Å². The lowest BCUT2D eigenvalue weighted by atomic mass is 9.87. The molecule has 3 heterocycles. The van der Waals surface area contributed by atoms with E-state index in [1.165, 1.54) is 6.07 Å². The lowest BCUT2D eigenvalue weighted by Gasteiger charge is -2.49. The van der Waals surface area contributed by atoms with E-state index in [9.17, 15) is 18.4 Å². The lowest BCUT2D eigenvalue weighted by molar-refractivity contribution is -0.156. The summed E-state index contributed by atoms with van der Waals surface area (Å²) in [4.78, 5) is 27.8. The molecule has 3 aliphatic rings. The van der Waals surface area contributed by atoms with Crippen molar-refractivity contribution in [3.63, 3.8) is 0 Å². The first-order chi connectivity index (χ1) is 13.9. The van der Waals surface area contributed by atoms with Crippen LogP contribution in [0.1, 0.15) is 30.9 Å². The van der Waals surface area contributed by atoms with E-state index < -0.39 is 12.0 Å². The fourth-order valence-corrected chi connectivity index (χ4v) is 3.95. The number of likely N-dealkylation sites (tertiary alicyclic amines) is 2. The van der Waals surface area contributed by atoms with Crippen LogP contribution in [-0.4, -0.2) is 66.2 Å². The highest BCUT2D eigenvalue weighted by Gasteiger charge is 2.46. The SMILES string of the molecule is C[C@]12CCN(C(=O)N3CC(C#Cc4ccccc4C(F)F)C3)C[C@H]1NC(=O)CO2. The molecule has 0 saturated carbocycles. The zero-order valence-corrected chi connectivity index (χ0v) is 16.2. The number of carbonyl (C=O) groups excluding carboxylic acids is 2. The molecule has 0 aromatic heterocycles. The Bertz CT molecular complexity index is 875. The Hall–Kier alpha value is -2.66. The van der Waals surface area contributed by atoms with Crippen LogP contribution in [0.25, 0.3) is 0 Å². The summed E-state index contributed by atoms with van der Waals surface area (Å²) in [5.74, 6) is 5.65. The van der Waals surface area contributed by atoms with Gasteiger partial charge < -0.3 is 19.9 Å². The third-order valence-electron chi connectivity index (χ3n) is 5.92. The highest BCUT2D eigenvalue weighted by molar-refractivity contribution is 5.79. The van der Waals surface area contributed by atoms with Gasteiger partial charge in [-0.25, -0.2) is 13.6 Å². The molecule has 3 saturated heterocycles. The van der Waals surface area contributed by atoms with Crippen molar-refractivity contribution in [1.82, 2.24) is 15.1 Å². The van der Waals surface area contributed by atoms with E-state index in [1.807, 2.05) is 6.92 Å². The summed E-state index contributed by atoms with van der Waals surface area (Å²) in [5, 5.41) is 2.92. The van der Waals surface area contributed by atoms with Gasteiger partial charge in [-0.15, -0.1) is 0 Å². The third-order valence-corrected chi connectivity index (χ3v) is 5.92. The summed E-state index contributed by atoms with van der Waals surface area (Å²) in [6, 6.07) is 5.91. The molecule has 29 heavy (non-hydrogen) atoms. The van der Waals surface area contributed by atoms with Crippen molar-refractivity contribution >= 4 is 11.9 Å². The number of alkyl halides is 2. The summed E-state index contributed by atoms with van der Waals surface area (Å²) < 4.78 is 31.8. The van der Waals surface area contributed by atoms with Crippen LogP contribution in [0.15, 0.2) is 24.3 Å². The topological polar surface area (TPSA) is 61.9 Å². The van der Waals surface area contributed by atoms with Gasteiger partial charge in [-0.3, -0.25) is 4.79 Å². The minimum atomic E-state index is -2.56. The first kappa shape index (κ1) is 19.6. The number of hydrogen-bond donors (Lipinski definition) is 1. The van der Waals surface area contributed by atoms with E-state index in [4.69, 9.17) is 4.74 Å². The number of ether oxygens (including phenoxy) is 1. The van der Waals surface area contributed by atoms with Gasteiger partial charge in [-0.1, -0.05) is 30.0 Å². The second-order valence-corrected chi connectivity index (χ2v) is 7.96. The number of nitrogens with zero attached hydrogens (tertiary/aromatic N) is 2. The normalized spacial score (nSPS) is 26.9. The average molecular weight is 403 g/mol. The number of morpholine rings is 1. The van der Waals surface area contributed by atoms with Gasteiger partial charge in [0, 0.05) is 37.3 Å². The minimum Gasteiger partial charge on any atom is -0.363 e. The van der Waals surface area contributed by atoms with Gasteiger partial charge in [-0.2, -0.15) is 0 Å². The van der Waals surface area contributed by atoms with Crippen molar-refractivity contribution in [3.05, 3.63) is 35.4 Å². The van der Waals surface area contributed by atoms with Crippen molar-refractivity contribution in [2.24, 2.45) is 5.92 Å². The van der Waals surface area contributed by atoms with Crippen molar-refractivity contribution in [3.8, 4) is 11.8 Å². The van der Waals surface area contributed by atoms with E-state index in [1.54, 1.807) is 28.0 Å². The van der Waals surface area contributed by atoms with Crippen LogP contribution in [0.3, 0.4) is 0 Å². The number of carbonyl (C=O) groups is 2. The summed E-state index contributed by atoms with van der Waals surface area (Å²) in [6.45, 7) is 3.95. The summed E-state index contributed by atoms with van der Waals surface area (Å²) in [5.41, 5.74) is -0.179. The highest BCUT2D eigenvalue weighted by atomic mass is 19.3. The molecule has 6 nitrogen and oxygen atoms in total. The summed E-state index contributed by atoms with van der Waals surface area (Å²) in [6.07, 6.45) is -1.90. The molecule has 2 atom stereocenters. The number of benzene rings is 1. The monoisotopic (exact) mass is 403 g/mol. The predicted octanol–water partition coefficient (Wildman–Crippen LogP) is 2.01. The number of piperidine rings is 1. The lowest BCUT2D eigenvalue weighted by Crippen LogP contribution is -2.68. The molecule has 0 unspecified atom stereocenters. The Morgan fingerprint density at radius 1 is 1.28 bits per heavy atom. The van der Waals surface area contributed by atoms with Crippen LogP contribution in [0.4, 0.5) is 13.6 Å². The molecule has 1 aromatic carbocycles. The first-order valence-corrected chi connectivity index (χ1v) is 9.71. The largest absolute Gasteiger partial charge is 0.363 e. The van der Waals surface area contributed by atoms with Gasteiger partial charge in [0.1, 0.15) is 6.61 Å². The van der Waals surface area contributed by atoms with Gasteiger partial charge in [0.2, 0.25) is 5.91 Å². The van der Waals surface area contributed by atoms with Crippen molar-refractivity contribution in [2.75, 3.05) is 32.8 Å². The molecule has 154 valence electrons. The number of halogens is 2. The first-order valence-electron chi connectivity index (χ1n) is 9.71. The van der Waals surface area contributed by atoms with E-state index in [2.05, 4.69) is 17.2 Å². The van der Waals surface area contributed by atoms with Gasteiger partial charge in [0.05, 0.1) is 17.6 Å². The molecule has 0 radical (unpaired) electrons. The molecule has 4 rings (SSSR count). The molecular formula is C21H23F2N3O3. The number of nitrogens with one attached hydrogen (secondary N) is 1. The number of rotatable bonds is 1. The minimum absolute atomic E-state index is 0.0301. The maximum atomic E-state index is 13.0. The molecule has 1 aromatic rings. The smallest absolute Gasteiger partial charge is 0.320 e. The number of amides is 3. The Morgan fingerprint density at radius 2 is 2.03 bits per heavy atom. The van der Waals surface area contributed by atoms with Crippen LogP contribution in [0.2, 0.25) is 0 Å². The number of urea groups is 1. The van der Waals surface area contributed by atoms with E-state index >= 15 is 0 Å². The van der Waals surface area contributed by atoms with Crippen molar-refractivity contribution < 1.29 is 23.1 Å². The van der Waals surface area contributed by atoms with E-state index in [0.29, 0.717) is 38.2 Å². The maximum Gasteiger partial charge on any atom is 0.320 e. The second-order valence-electron chi connectivity index (χ2n) is 7.96. The summed E-state index contributed by atoms with van der Waals surface area (Å²) in [7, 11) is 0. The third kappa shape index (κ3) is 3.92. The van der Waals surface area contributed by atoms with E-state index in [0.717, 1.165) is 0 Å². The Kier molecular flexibility index (Phi) is 5.17. The Labute approximate surface area is 168 Å². The van der Waals surface area contributed by atoms with Crippen LogP contribution >= 0.6 is 0 Å². The molecule has 3 amide bonds.